The van der Waals surface area contributed by atoms with Gasteiger partial charge in [-0.05, 0) is 44.4 Å². The highest BCUT2D eigenvalue weighted by Gasteiger charge is 2.35. The molecule has 1 aliphatic carbocycles. The van der Waals surface area contributed by atoms with Crippen molar-refractivity contribution < 1.29 is 13.5 Å². The van der Waals surface area contributed by atoms with Crippen molar-refractivity contribution in [3.63, 3.8) is 0 Å². The quantitative estimate of drug-likeness (QED) is 0.861. The molecule has 1 heterocycles. The van der Waals surface area contributed by atoms with Crippen molar-refractivity contribution in [3.05, 3.63) is 0 Å². The average molecular weight is 289 g/mol. The van der Waals surface area contributed by atoms with E-state index in [-0.39, 0.29) is 18.6 Å². The van der Waals surface area contributed by atoms with E-state index >= 15 is 0 Å². The van der Waals surface area contributed by atoms with Crippen LogP contribution in [0.25, 0.3) is 0 Å². The normalized spacial score (nSPS) is 31.5. The molecule has 19 heavy (non-hydrogen) atoms. The number of hydrogen-bond donors (Lipinski definition) is 1. The van der Waals surface area contributed by atoms with Crippen molar-refractivity contribution in [1.29, 1.82) is 0 Å². The largest absolute Gasteiger partial charge is 0.396 e. The third-order valence-corrected chi connectivity index (χ3v) is 6.83. The second-order valence-electron chi connectivity index (χ2n) is 6.33. The number of rotatable bonds is 4. The number of sulfonamides is 1. The van der Waals surface area contributed by atoms with E-state index in [0.29, 0.717) is 18.2 Å². The zero-order valence-electron chi connectivity index (χ0n) is 11.9. The van der Waals surface area contributed by atoms with Gasteiger partial charge in [-0.25, -0.2) is 8.42 Å². The van der Waals surface area contributed by atoms with Crippen LogP contribution in [0.2, 0.25) is 0 Å². The molecule has 0 aromatic heterocycles. The molecular formula is C14H27NO3S. The van der Waals surface area contributed by atoms with Crippen LogP contribution in [0.4, 0.5) is 0 Å². The van der Waals surface area contributed by atoms with E-state index in [0.717, 1.165) is 25.7 Å². The molecule has 2 aliphatic rings. The second-order valence-corrected chi connectivity index (χ2v) is 8.29. The molecule has 1 saturated carbocycles. The Morgan fingerprint density at radius 2 is 1.74 bits per heavy atom. The number of aliphatic hydroxyl groups is 1. The van der Waals surface area contributed by atoms with Crippen LogP contribution in [-0.4, -0.2) is 42.8 Å². The van der Waals surface area contributed by atoms with E-state index in [4.69, 9.17) is 0 Å². The lowest BCUT2D eigenvalue weighted by Gasteiger charge is -2.37. The van der Waals surface area contributed by atoms with E-state index < -0.39 is 10.0 Å². The molecule has 0 radical (unpaired) electrons. The summed E-state index contributed by atoms with van der Waals surface area (Å²) in [5.74, 6) is 0.785. The van der Waals surface area contributed by atoms with Crippen LogP contribution < -0.4 is 0 Å². The summed E-state index contributed by atoms with van der Waals surface area (Å²) in [5.41, 5.74) is 0. The van der Waals surface area contributed by atoms with Crippen molar-refractivity contribution in [2.24, 2.45) is 11.8 Å². The zero-order valence-corrected chi connectivity index (χ0v) is 12.7. The van der Waals surface area contributed by atoms with E-state index in [9.17, 15) is 13.5 Å². The summed E-state index contributed by atoms with van der Waals surface area (Å²) in [4.78, 5) is 0. The maximum absolute atomic E-state index is 12.6. The summed E-state index contributed by atoms with van der Waals surface area (Å²) < 4.78 is 26.8. The van der Waals surface area contributed by atoms with Gasteiger partial charge < -0.3 is 5.11 Å². The van der Waals surface area contributed by atoms with Crippen LogP contribution in [0.1, 0.15) is 51.9 Å². The molecule has 1 saturated heterocycles. The topological polar surface area (TPSA) is 57.6 Å². The van der Waals surface area contributed by atoms with Crippen LogP contribution in [0.15, 0.2) is 0 Å². The molecule has 2 unspecified atom stereocenters. The first kappa shape index (κ1) is 15.3. The molecule has 112 valence electrons. The van der Waals surface area contributed by atoms with Crippen molar-refractivity contribution in [2.45, 2.75) is 57.9 Å². The molecule has 0 amide bonds. The summed E-state index contributed by atoms with van der Waals surface area (Å²) in [7, 11) is -3.15. The van der Waals surface area contributed by atoms with Gasteiger partial charge >= 0.3 is 0 Å². The Morgan fingerprint density at radius 3 is 2.37 bits per heavy atom. The third kappa shape index (κ3) is 3.92. The number of piperidine rings is 1. The van der Waals surface area contributed by atoms with Gasteiger partial charge in [-0.2, -0.15) is 4.31 Å². The molecule has 1 aliphatic heterocycles. The molecule has 1 N–H and O–H groups in total. The van der Waals surface area contributed by atoms with Gasteiger partial charge in [0.2, 0.25) is 10.0 Å². The Labute approximate surface area is 117 Å². The lowest BCUT2D eigenvalue weighted by Crippen LogP contribution is -2.48. The molecule has 0 spiro atoms. The molecule has 2 rings (SSSR count). The number of nitrogens with zero attached hydrogens (tertiary/aromatic N) is 1. The monoisotopic (exact) mass is 289 g/mol. The molecule has 5 heteroatoms. The summed E-state index contributed by atoms with van der Waals surface area (Å²) >= 11 is 0. The smallest absolute Gasteiger partial charge is 0.214 e. The zero-order chi connectivity index (χ0) is 13.9. The van der Waals surface area contributed by atoms with Crippen LogP contribution in [0.3, 0.4) is 0 Å². The summed E-state index contributed by atoms with van der Waals surface area (Å²) in [6.45, 7) is 2.60. The molecule has 0 aromatic carbocycles. The van der Waals surface area contributed by atoms with E-state index in [1.807, 2.05) is 6.92 Å². The van der Waals surface area contributed by atoms with Gasteiger partial charge in [-0.1, -0.05) is 19.3 Å². The van der Waals surface area contributed by atoms with Crippen LogP contribution in [0, 0.1) is 11.8 Å². The minimum Gasteiger partial charge on any atom is -0.396 e. The average Bonchev–Trinajstić information content (AvgIpc) is 2.39. The maximum Gasteiger partial charge on any atom is 0.214 e. The van der Waals surface area contributed by atoms with Gasteiger partial charge in [0, 0.05) is 19.2 Å². The molecule has 4 nitrogen and oxygen atoms in total. The lowest BCUT2D eigenvalue weighted by molar-refractivity contribution is 0.138. The van der Waals surface area contributed by atoms with Crippen molar-refractivity contribution >= 4 is 10.0 Å². The van der Waals surface area contributed by atoms with Crippen LogP contribution >= 0.6 is 0 Å². The van der Waals surface area contributed by atoms with Crippen molar-refractivity contribution in [3.8, 4) is 0 Å². The Balaban J connectivity index is 2.00. The molecular weight excluding hydrogens is 262 g/mol. The molecule has 0 bridgehead atoms. The SMILES string of the molecule is CC1CCC(CO)CN1S(=O)(=O)CC1CCCCC1. The first-order chi connectivity index (χ1) is 9.03. The first-order valence-corrected chi connectivity index (χ1v) is 9.24. The minimum atomic E-state index is -3.15. The van der Waals surface area contributed by atoms with Gasteiger partial charge in [0.25, 0.3) is 0 Å². The Hall–Kier alpha value is -0.130. The predicted molar refractivity (Wildman–Crippen MR) is 76.3 cm³/mol. The van der Waals surface area contributed by atoms with Gasteiger partial charge in [-0.15, -0.1) is 0 Å². The summed E-state index contributed by atoms with van der Waals surface area (Å²) in [5, 5.41) is 9.26. The summed E-state index contributed by atoms with van der Waals surface area (Å²) in [6, 6.07) is 0.0939. The molecule has 2 atom stereocenters. The van der Waals surface area contributed by atoms with Crippen molar-refractivity contribution in [1.82, 2.24) is 4.31 Å². The van der Waals surface area contributed by atoms with Gasteiger partial charge in [-0.3, -0.25) is 0 Å². The standard InChI is InChI=1S/C14H27NO3S/c1-12-7-8-14(10-16)9-15(12)19(17,18)11-13-5-3-2-4-6-13/h12-14,16H,2-11H2,1H3. The van der Waals surface area contributed by atoms with E-state index in [1.165, 1.54) is 19.3 Å². The number of aliphatic hydroxyl groups excluding tert-OH is 1. The first-order valence-electron chi connectivity index (χ1n) is 7.63. The van der Waals surface area contributed by atoms with Gasteiger partial charge in [0.1, 0.15) is 0 Å². The van der Waals surface area contributed by atoms with E-state index in [2.05, 4.69) is 0 Å². The minimum absolute atomic E-state index is 0.0939. The van der Waals surface area contributed by atoms with Crippen LogP contribution in [0.5, 0.6) is 0 Å². The number of hydrogen-bond acceptors (Lipinski definition) is 3. The Kier molecular flexibility index (Phi) is 5.26. The Bertz CT molecular complexity index is 376. The van der Waals surface area contributed by atoms with Crippen molar-refractivity contribution in [2.75, 3.05) is 18.9 Å². The van der Waals surface area contributed by atoms with Gasteiger partial charge in [0.15, 0.2) is 0 Å². The highest BCUT2D eigenvalue weighted by molar-refractivity contribution is 7.89. The highest BCUT2D eigenvalue weighted by atomic mass is 32.2. The fourth-order valence-corrected chi connectivity index (χ4v) is 5.64. The molecule has 2 fully saturated rings. The maximum atomic E-state index is 12.6. The summed E-state index contributed by atoms with van der Waals surface area (Å²) in [6.07, 6.45) is 7.53. The fourth-order valence-electron chi connectivity index (χ4n) is 3.43. The second kappa shape index (κ2) is 6.55. The lowest BCUT2D eigenvalue weighted by atomic mass is 9.91. The molecule has 0 aromatic rings. The van der Waals surface area contributed by atoms with Crippen LogP contribution in [-0.2, 0) is 10.0 Å². The van der Waals surface area contributed by atoms with E-state index in [1.54, 1.807) is 4.31 Å². The third-order valence-electron chi connectivity index (χ3n) is 4.71. The predicted octanol–water partition coefficient (Wildman–Crippen LogP) is 1.99. The Morgan fingerprint density at radius 1 is 1.05 bits per heavy atom. The highest BCUT2D eigenvalue weighted by Crippen LogP contribution is 2.29. The van der Waals surface area contributed by atoms with Gasteiger partial charge in [0.05, 0.1) is 5.75 Å². The fraction of sp³-hybridized carbons (Fsp3) is 1.00.